The first-order chi connectivity index (χ1) is 11.1. The lowest BCUT2D eigenvalue weighted by Gasteiger charge is -2.23. The van der Waals surface area contributed by atoms with E-state index in [1.165, 1.54) is 0 Å². The van der Waals surface area contributed by atoms with E-state index in [-0.39, 0.29) is 6.54 Å². The minimum absolute atomic E-state index is 0.105. The molecule has 0 saturated carbocycles. The standard InChI is InChI=1S/C20H21NO2/c1-3-16-5-9-18(10-6-16)13-21(15-20(22)23)14-19-11-7-17(4-2)8-12-19/h3-12H,1-2,13-15H2,(H,22,23)/p-1. The van der Waals surface area contributed by atoms with E-state index in [0.29, 0.717) is 13.1 Å². The van der Waals surface area contributed by atoms with Crippen molar-refractivity contribution in [3.05, 3.63) is 83.9 Å². The van der Waals surface area contributed by atoms with Gasteiger partial charge in [0.1, 0.15) is 0 Å². The summed E-state index contributed by atoms with van der Waals surface area (Å²) < 4.78 is 0. The fourth-order valence-electron chi connectivity index (χ4n) is 2.38. The molecule has 2 rings (SSSR count). The van der Waals surface area contributed by atoms with E-state index in [0.717, 1.165) is 22.3 Å². The lowest BCUT2D eigenvalue weighted by Crippen LogP contribution is -2.37. The first-order valence-corrected chi connectivity index (χ1v) is 7.45. The molecule has 3 nitrogen and oxygen atoms in total. The zero-order chi connectivity index (χ0) is 16.7. The first-order valence-electron chi connectivity index (χ1n) is 7.45. The van der Waals surface area contributed by atoms with Gasteiger partial charge in [0.25, 0.3) is 0 Å². The Kier molecular flexibility index (Phi) is 5.89. The summed E-state index contributed by atoms with van der Waals surface area (Å²) in [7, 11) is 0. The predicted molar refractivity (Wildman–Crippen MR) is 92.2 cm³/mol. The molecule has 0 saturated heterocycles. The fourth-order valence-corrected chi connectivity index (χ4v) is 2.38. The van der Waals surface area contributed by atoms with Crippen LogP contribution >= 0.6 is 0 Å². The van der Waals surface area contributed by atoms with Crippen LogP contribution in [-0.2, 0) is 17.9 Å². The number of carboxylic acids is 1. The summed E-state index contributed by atoms with van der Waals surface area (Å²) >= 11 is 0. The maximum absolute atomic E-state index is 11.0. The summed E-state index contributed by atoms with van der Waals surface area (Å²) in [6, 6.07) is 15.8. The minimum Gasteiger partial charge on any atom is -0.549 e. The molecule has 0 N–H and O–H groups in total. The lowest BCUT2D eigenvalue weighted by atomic mass is 10.1. The maximum Gasteiger partial charge on any atom is 0.0555 e. The Labute approximate surface area is 137 Å². The topological polar surface area (TPSA) is 43.4 Å². The van der Waals surface area contributed by atoms with Gasteiger partial charge in [-0.3, -0.25) is 4.90 Å². The van der Waals surface area contributed by atoms with Crippen LogP contribution in [0.15, 0.2) is 61.7 Å². The highest BCUT2D eigenvalue weighted by molar-refractivity contribution is 5.66. The summed E-state index contributed by atoms with van der Waals surface area (Å²) in [5.41, 5.74) is 4.19. The van der Waals surface area contributed by atoms with Gasteiger partial charge in [-0.05, 0) is 22.3 Å². The van der Waals surface area contributed by atoms with Crippen molar-refractivity contribution in [2.75, 3.05) is 6.54 Å². The van der Waals surface area contributed by atoms with Crippen molar-refractivity contribution in [2.24, 2.45) is 0 Å². The molecule has 0 radical (unpaired) electrons. The van der Waals surface area contributed by atoms with E-state index in [1.54, 1.807) is 12.2 Å². The van der Waals surface area contributed by atoms with Crippen molar-refractivity contribution in [1.29, 1.82) is 0 Å². The van der Waals surface area contributed by atoms with Crippen LogP contribution in [0.2, 0.25) is 0 Å². The lowest BCUT2D eigenvalue weighted by molar-refractivity contribution is -0.306. The summed E-state index contributed by atoms with van der Waals surface area (Å²) in [5, 5.41) is 11.0. The van der Waals surface area contributed by atoms with Crippen LogP contribution in [0.5, 0.6) is 0 Å². The molecule has 0 unspecified atom stereocenters. The highest BCUT2D eigenvalue weighted by Gasteiger charge is 2.08. The van der Waals surface area contributed by atoms with E-state index >= 15 is 0 Å². The Balaban J connectivity index is 2.09. The van der Waals surface area contributed by atoms with Gasteiger partial charge in [0.15, 0.2) is 0 Å². The van der Waals surface area contributed by atoms with Crippen molar-refractivity contribution in [3.63, 3.8) is 0 Å². The van der Waals surface area contributed by atoms with Crippen molar-refractivity contribution in [3.8, 4) is 0 Å². The van der Waals surface area contributed by atoms with Gasteiger partial charge in [-0.15, -0.1) is 0 Å². The molecule has 2 aromatic carbocycles. The second-order valence-corrected chi connectivity index (χ2v) is 5.41. The Bertz CT molecular complexity index is 618. The van der Waals surface area contributed by atoms with Gasteiger partial charge in [-0.1, -0.05) is 73.8 Å². The fraction of sp³-hybridized carbons (Fsp3) is 0.150. The molecule has 0 aromatic heterocycles. The molecule has 0 aliphatic heterocycles. The van der Waals surface area contributed by atoms with Crippen LogP contribution in [0.3, 0.4) is 0 Å². The first kappa shape index (κ1) is 16.7. The van der Waals surface area contributed by atoms with Crippen molar-refractivity contribution < 1.29 is 9.90 Å². The largest absolute Gasteiger partial charge is 0.549 e. The van der Waals surface area contributed by atoms with Crippen LogP contribution in [0.1, 0.15) is 22.3 Å². The number of carbonyl (C=O) groups excluding carboxylic acids is 1. The molecule has 23 heavy (non-hydrogen) atoms. The Morgan fingerprint density at radius 1 is 0.870 bits per heavy atom. The summed E-state index contributed by atoms with van der Waals surface area (Å²) in [4.78, 5) is 12.9. The Morgan fingerprint density at radius 3 is 1.57 bits per heavy atom. The monoisotopic (exact) mass is 306 g/mol. The molecule has 3 heteroatoms. The molecule has 118 valence electrons. The number of carboxylic acid groups (broad SMARTS) is 1. The number of carbonyl (C=O) groups is 1. The minimum atomic E-state index is -1.07. The number of nitrogens with zero attached hydrogens (tertiary/aromatic N) is 1. The van der Waals surface area contributed by atoms with Gasteiger partial charge in [-0.2, -0.15) is 0 Å². The summed E-state index contributed by atoms with van der Waals surface area (Å²) in [6.45, 7) is 8.45. The van der Waals surface area contributed by atoms with Gasteiger partial charge < -0.3 is 9.90 Å². The predicted octanol–water partition coefficient (Wildman–Crippen LogP) is 2.72. The molecule has 0 atom stereocenters. The van der Waals surface area contributed by atoms with E-state index in [2.05, 4.69) is 13.2 Å². The molecule has 2 aromatic rings. The Morgan fingerprint density at radius 2 is 1.26 bits per heavy atom. The van der Waals surface area contributed by atoms with E-state index in [1.807, 2.05) is 53.4 Å². The summed E-state index contributed by atoms with van der Waals surface area (Å²) in [5.74, 6) is -1.07. The Hall–Kier alpha value is -2.65. The average molecular weight is 306 g/mol. The van der Waals surface area contributed by atoms with E-state index in [4.69, 9.17) is 0 Å². The third-order valence-corrected chi connectivity index (χ3v) is 3.60. The van der Waals surface area contributed by atoms with Gasteiger partial charge >= 0.3 is 0 Å². The highest BCUT2D eigenvalue weighted by Crippen LogP contribution is 2.13. The number of aliphatic carboxylic acids is 1. The molecular formula is C20H20NO2-. The third-order valence-electron chi connectivity index (χ3n) is 3.60. The van der Waals surface area contributed by atoms with E-state index < -0.39 is 5.97 Å². The number of hydrogen-bond donors (Lipinski definition) is 0. The van der Waals surface area contributed by atoms with Gasteiger partial charge in [0.2, 0.25) is 0 Å². The van der Waals surface area contributed by atoms with Crippen LogP contribution in [-0.4, -0.2) is 17.4 Å². The van der Waals surface area contributed by atoms with Gasteiger partial charge in [0, 0.05) is 19.6 Å². The zero-order valence-corrected chi connectivity index (χ0v) is 13.1. The van der Waals surface area contributed by atoms with E-state index in [9.17, 15) is 9.90 Å². The van der Waals surface area contributed by atoms with Crippen LogP contribution < -0.4 is 5.11 Å². The van der Waals surface area contributed by atoms with Crippen LogP contribution in [0.25, 0.3) is 12.2 Å². The zero-order valence-electron chi connectivity index (χ0n) is 13.1. The van der Waals surface area contributed by atoms with Crippen molar-refractivity contribution in [2.45, 2.75) is 13.1 Å². The maximum atomic E-state index is 11.0. The molecule has 0 bridgehead atoms. The average Bonchev–Trinajstić information content (AvgIpc) is 2.55. The quantitative estimate of drug-likeness (QED) is 0.753. The van der Waals surface area contributed by atoms with Gasteiger partial charge in [0.05, 0.1) is 5.97 Å². The second kappa shape index (κ2) is 8.11. The third kappa shape index (κ3) is 5.24. The smallest absolute Gasteiger partial charge is 0.0555 e. The summed E-state index contributed by atoms with van der Waals surface area (Å²) in [6.07, 6.45) is 3.56. The number of rotatable bonds is 8. The number of benzene rings is 2. The molecule has 0 amide bonds. The SMILES string of the molecule is C=Cc1ccc(CN(CC(=O)[O-])Cc2ccc(C=C)cc2)cc1. The van der Waals surface area contributed by atoms with Crippen LogP contribution in [0.4, 0.5) is 0 Å². The molecule has 0 aliphatic rings. The van der Waals surface area contributed by atoms with Crippen LogP contribution in [0, 0.1) is 0 Å². The molecule has 0 fully saturated rings. The highest BCUT2D eigenvalue weighted by atomic mass is 16.4. The molecule has 0 spiro atoms. The molecule has 0 heterocycles. The molecular weight excluding hydrogens is 286 g/mol. The normalized spacial score (nSPS) is 10.5. The van der Waals surface area contributed by atoms with Crippen molar-refractivity contribution in [1.82, 2.24) is 4.90 Å². The number of hydrogen-bond acceptors (Lipinski definition) is 3. The second-order valence-electron chi connectivity index (χ2n) is 5.41. The van der Waals surface area contributed by atoms with Crippen molar-refractivity contribution >= 4 is 18.1 Å². The molecule has 0 aliphatic carbocycles. The van der Waals surface area contributed by atoms with Gasteiger partial charge in [-0.25, -0.2) is 0 Å².